The van der Waals surface area contributed by atoms with Gasteiger partial charge in [-0.25, -0.2) is 4.79 Å². The number of esters is 1. The third kappa shape index (κ3) is 2.23. The Balaban J connectivity index is 0.00000144. The van der Waals surface area contributed by atoms with Crippen LogP contribution in [0.1, 0.15) is 0 Å². The van der Waals surface area contributed by atoms with Crippen LogP contribution in [0.25, 0.3) is 0 Å². The molecule has 1 rings (SSSR count). The van der Waals surface area contributed by atoms with Gasteiger partial charge in [-0.15, -0.1) is 0 Å². The smallest absolute Gasteiger partial charge is 0.377 e. The number of carbonyl (C=O) groups excluding carboxylic acids is 1. The summed E-state index contributed by atoms with van der Waals surface area (Å²) in [6.07, 6.45) is -2.78. The van der Waals surface area contributed by atoms with E-state index in [-0.39, 0.29) is 22.4 Å². The fourth-order valence-corrected chi connectivity index (χ4v) is 0.823. The summed E-state index contributed by atoms with van der Waals surface area (Å²) >= 11 is 0. The van der Waals surface area contributed by atoms with Crippen LogP contribution in [-0.4, -0.2) is 45.2 Å². The van der Waals surface area contributed by atoms with Crippen LogP contribution in [0.5, 0.6) is 0 Å². The summed E-state index contributed by atoms with van der Waals surface area (Å²) in [7, 11) is 0. The summed E-state index contributed by atoms with van der Waals surface area (Å²) < 4.78 is 4.32. The Morgan fingerprint density at radius 3 is 2.31 bits per heavy atom. The molecule has 0 aliphatic carbocycles. The van der Waals surface area contributed by atoms with E-state index in [0.29, 0.717) is 0 Å². The SMILES string of the molecule is O=C1O[C@H]([C@@H](O)CO)C(O)=C1O.[Au]. The summed E-state index contributed by atoms with van der Waals surface area (Å²) in [5.74, 6) is -2.78. The predicted molar refractivity (Wildman–Crippen MR) is 35.3 cm³/mol. The number of cyclic esters (lactones) is 1. The van der Waals surface area contributed by atoms with Gasteiger partial charge in [-0.3, -0.25) is 0 Å². The van der Waals surface area contributed by atoms with Crippen molar-refractivity contribution in [3.8, 4) is 0 Å². The summed E-state index contributed by atoms with van der Waals surface area (Å²) in [4.78, 5) is 10.5. The van der Waals surface area contributed by atoms with Gasteiger partial charge in [-0.2, -0.15) is 0 Å². The van der Waals surface area contributed by atoms with Gasteiger partial charge in [0.2, 0.25) is 5.76 Å². The van der Waals surface area contributed by atoms with Gasteiger partial charge in [-0.05, 0) is 0 Å². The number of aliphatic hydroxyl groups excluding tert-OH is 4. The van der Waals surface area contributed by atoms with Crippen LogP contribution in [0.4, 0.5) is 0 Å². The van der Waals surface area contributed by atoms with Crippen molar-refractivity contribution in [2.75, 3.05) is 6.61 Å². The van der Waals surface area contributed by atoms with Crippen molar-refractivity contribution in [2.45, 2.75) is 12.2 Å². The maximum atomic E-state index is 10.5. The minimum absolute atomic E-state index is 0. The number of rotatable bonds is 2. The molecule has 13 heavy (non-hydrogen) atoms. The van der Waals surface area contributed by atoms with Gasteiger partial charge in [0.15, 0.2) is 11.9 Å². The molecule has 1 aliphatic rings. The molecule has 0 fully saturated rings. The number of hydrogen-bond acceptors (Lipinski definition) is 6. The molecule has 0 unspecified atom stereocenters. The number of carbonyl (C=O) groups is 1. The standard InChI is InChI=1S/C6H8O6.Au/c7-1-2(8)5-3(9)4(10)6(11)12-5;/h2,5,7-10H,1H2;/t2-,5+;/m0./s1. The first kappa shape index (κ1) is 12.5. The molecular weight excluding hydrogens is 365 g/mol. The van der Waals surface area contributed by atoms with Crippen molar-refractivity contribution in [1.82, 2.24) is 0 Å². The van der Waals surface area contributed by atoms with E-state index in [1.165, 1.54) is 0 Å². The van der Waals surface area contributed by atoms with E-state index in [1.807, 2.05) is 0 Å². The molecule has 7 heteroatoms. The Labute approximate surface area is 89.0 Å². The fraction of sp³-hybridized carbons (Fsp3) is 0.500. The van der Waals surface area contributed by atoms with Crippen LogP contribution in [0.2, 0.25) is 0 Å². The summed E-state index contributed by atoms with van der Waals surface area (Å²) in [6.45, 7) is -0.671. The van der Waals surface area contributed by atoms with Crippen LogP contribution in [0.15, 0.2) is 11.5 Å². The van der Waals surface area contributed by atoms with Gasteiger partial charge < -0.3 is 25.2 Å². The molecule has 1 radical (unpaired) electrons. The number of hydrogen-bond donors (Lipinski definition) is 4. The molecule has 0 saturated carbocycles. The monoisotopic (exact) mass is 373 g/mol. The predicted octanol–water partition coefficient (Wildman–Crippen LogP) is -1.41. The van der Waals surface area contributed by atoms with E-state index in [0.717, 1.165) is 0 Å². The maximum Gasteiger partial charge on any atom is 0.377 e. The van der Waals surface area contributed by atoms with Crippen LogP contribution in [0.3, 0.4) is 0 Å². The second kappa shape index (κ2) is 4.64. The Hall–Kier alpha value is -0.530. The van der Waals surface area contributed by atoms with Crippen LogP contribution < -0.4 is 0 Å². The molecular formula is C6H8AuO6. The first-order valence-electron chi connectivity index (χ1n) is 3.20. The van der Waals surface area contributed by atoms with E-state index in [1.54, 1.807) is 0 Å². The van der Waals surface area contributed by atoms with Gasteiger partial charge in [0.05, 0.1) is 6.61 Å². The van der Waals surface area contributed by atoms with Crippen molar-refractivity contribution in [1.29, 1.82) is 0 Å². The van der Waals surface area contributed by atoms with Crippen molar-refractivity contribution >= 4 is 5.97 Å². The molecule has 79 valence electrons. The Morgan fingerprint density at radius 1 is 1.46 bits per heavy atom. The first-order chi connectivity index (χ1) is 5.57. The zero-order valence-electron chi connectivity index (χ0n) is 6.27. The minimum atomic E-state index is -1.42. The average molecular weight is 373 g/mol. The molecule has 0 aromatic heterocycles. The molecule has 1 aliphatic heterocycles. The Bertz CT molecular complexity index is 237. The zero-order chi connectivity index (χ0) is 9.30. The molecule has 4 N–H and O–H groups in total. The second-order valence-corrected chi connectivity index (χ2v) is 2.31. The molecule has 6 nitrogen and oxygen atoms in total. The second-order valence-electron chi connectivity index (χ2n) is 2.31. The molecule has 0 bridgehead atoms. The molecule has 0 amide bonds. The number of ether oxygens (including phenoxy) is 1. The molecule has 0 aromatic rings. The van der Waals surface area contributed by atoms with Gasteiger partial charge in [0, 0.05) is 22.4 Å². The zero-order valence-corrected chi connectivity index (χ0v) is 8.44. The van der Waals surface area contributed by atoms with E-state index < -0.39 is 36.3 Å². The largest absolute Gasteiger partial charge is 0.505 e. The molecule has 0 spiro atoms. The Morgan fingerprint density at radius 2 is 2.00 bits per heavy atom. The normalized spacial score (nSPS) is 23.8. The summed E-state index contributed by atoms with van der Waals surface area (Å²) in [5.41, 5.74) is 0. The van der Waals surface area contributed by atoms with Crippen LogP contribution in [0, 0.1) is 0 Å². The number of aliphatic hydroxyl groups is 4. The first-order valence-corrected chi connectivity index (χ1v) is 3.20. The van der Waals surface area contributed by atoms with Crippen LogP contribution in [-0.2, 0) is 31.9 Å². The summed E-state index contributed by atoms with van der Waals surface area (Å²) in [5, 5.41) is 35.0. The van der Waals surface area contributed by atoms with Crippen molar-refractivity contribution < 1.29 is 52.3 Å². The van der Waals surface area contributed by atoms with E-state index in [2.05, 4.69) is 4.74 Å². The fourth-order valence-electron chi connectivity index (χ4n) is 0.823. The van der Waals surface area contributed by atoms with Gasteiger partial charge >= 0.3 is 5.97 Å². The quantitative estimate of drug-likeness (QED) is 0.350. The van der Waals surface area contributed by atoms with Crippen LogP contribution >= 0.6 is 0 Å². The van der Waals surface area contributed by atoms with Gasteiger partial charge in [-0.1, -0.05) is 0 Å². The Kier molecular flexibility index (Phi) is 4.45. The average Bonchev–Trinajstić information content (AvgIpc) is 2.32. The van der Waals surface area contributed by atoms with Gasteiger partial charge in [0.1, 0.15) is 6.10 Å². The molecule has 2 atom stereocenters. The maximum absolute atomic E-state index is 10.5. The third-order valence-electron chi connectivity index (χ3n) is 1.48. The summed E-state index contributed by atoms with van der Waals surface area (Å²) in [6, 6.07) is 0. The molecule has 1 heterocycles. The van der Waals surface area contributed by atoms with Crippen molar-refractivity contribution in [3.63, 3.8) is 0 Å². The molecule has 0 aromatic carbocycles. The van der Waals surface area contributed by atoms with Gasteiger partial charge in [0.25, 0.3) is 0 Å². The van der Waals surface area contributed by atoms with Crippen molar-refractivity contribution in [2.24, 2.45) is 0 Å². The van der Waals surface area contributed by atoms with E-state index in [4.69, 9.17) is 20.4 Å². The minimum Gasteiger partial charge on any atom is -0.505 e. The third-order valence-corrected chi connectivity index (χ3v) is 1.48. The van der Waals surface area contributed by atoms with E-state index >= 15 is 0 Å². The topological polar surface area (TPSA) is 107 Å². The molecule has 0 saturated heterocycles. The van der Waals surface area contributed by atoms with Crippen molar-refractivity contribution in [3.05, 3.63) is 11.5 Å². The van der Waals surface area contributed by atoms with E-state index in [9.17, 15) is 4.79 Å².